The van der Waals surface area contributed by atoms with Crippen LogP contribution in [0.1, 0.15) is 12.8 Å². The highest BCUT2D eigenvalue weighted by molar-refractivity contribution is 5.97. The van der Waals surface area contributed by atoms with Crippen LogP contribution in [0.15, 0.2) is 42.7 Å². The Morgan fingerprint density at radius 2 is 2.05 bits per heavy atom. The Morgan fingerprint density at radius 1 is 1.29 bits per heavy atom. The SMILES string of the molecule is O=C(Nc1ccccc1O)C1(n2cccn2)CCNCC1. The molecule has 1 amide bonds. The predicted molar refractivity (Wildman–Crippen MR) is 79.0 cm³/mol. The molecule has 0 bridgehead atoms. The molecule has 0 radical (unpaired) electrons. The number of carbonyl (C=O) groups excluding carboxylic acids is 1. The van der Waals surface area contributed by atoms with Crippen molar-refractivity contribution in [2.45, 2.75) is 18.4 Å². The molecule has 1 aromatic carbocycles. The van der Waals surface area contributed by atoms with Gasteiger partial charge in [0.2, 0.25) is 0 Å². The van der Waals surface area contributed by atoms with E-state index in [2.05, 4.69) is 15.7 Å². The van der Waals surface area contributed by atoms with Crippen molar-refractivity contribution in [2.24, 2.45) is 0 Å². The van der Waals surface area contributed by atoms with Gasteiger partial charge >= 0.3 is 0 Å². The first-order valence-corrected chi connectivity index (χ1v) is 7.03. The third-order valence-corrected chi connectivity index (χ3v) is 3.95. The number of nitrogens with zero attached hydrogens (tertiary/aromatic N) is 2. The van der Waals surface area contributed by atoms with Gasteiger partial charge in [-0.3, -0.25) is 9.48 Å². The van der Waals surface area contributed by atoms with E-state index in [1.54, 1.807) is 35.1 Å². The quantitative estimate of drug-likeness (QED) is 0.743. The van der Waals surface area contributed by atoms with Gasteiger partial charge in [0, 0.05) is 12.4 Å². The van der Waals surface area contributed by atoms with Crippen molar-refractivity contribution in [3.8, 4) is 5.75 Å². The number of piperidine rings is 1. The maximum Gasteiger partial charge on any atom is 0.252 e. The fourth-order valence-electron chi connectivity index (χ4n) is 2.74. The highest BCUT2D eigenvalue weighted by Gasteiger charge is 2.42. The van der Waals surface area contributed by atoms with Crippen molar-refractivity contribution >= 4 is 11.6 Å². The number of amides is 1. The Morgan fingerprint density at radius 3 is 2.71 bits per heavy atom. The zero-order valence-corrected chi connectivity index (χ0v) is 11.6. The van der Waals surface area contributed by atoms with Crippen LogP contribution in [-0.4, -0.2) is 33.9 Å². The normalized spacial score (nSPS) is 17.3. The van der Waals surface area contributed by atoms with E-state index < -0.39 is 5.54 Å². The molecule has 0 saturated carbocycles. The van der Waals surface area contributed by atoms with Gasteiger partial charge in [-0.25, -0.2) is 0 Å². The summed E-state index contributed by atoms with van der Waals surface area (Å²) in [6, 6.07) is 8.55. The molecule has 0 unspecified atom stereocenters. The number of benzene rings is 1. The molecule has 3 rings (SSSR count). The van der Waals surface area contributed by atoms with Crippen LogP contribution in [0.25, 0.3) is 0 Å². The Hall–Kier alpha value is -2.34. The van der Waals surface area contributed by atoms with E-state index in [9.17, 15) is 9.90 Å². The van der Waals surface area contributed by atoms with Gasteiger partial charge in [0.1, 0.15) is 11.3 Å². The maximum atomic E-state index is 12.8. The molecule has 2 heterocycles. The Bertz CT molecular complexity index is 618. The first-order chi connectivity index (χ1) is 10.2. The monoisotopic (exact) mass is 286 g/mol. The largest absolute Gasteiger partial charge is 0.506 e. The lowest BCUT2D eigenvalue weighted by atomic mass is 9.87. The third kappa shape index (κ3) is 2.50. The van der Waals surface area contributed by atoms with Crippen molar-refractivity contribution in [3.63, 3.8) is 0 Å². The van der Waals surface area contributed by atoms with Crippen LogP contribution in [-0.2, 0) is 10.3 Å². The lowest BCUT2D eigenvalue weighted by Crippen LogP contribution is -2.52. The van der Waals surface area contributed by atoms with Crippen molar-refractivity contribution in [3.05, 3.63) is 42.7 Å². The minimum Gasteiger partial charge on any atom is -0.506 e. The Kier molecular flexibility index (Phi) is 3.62. The molecule has 1 fully saturated rings. The number of anilines is 1. The van der Waals surface area contributed by atoms with Gasteiger partial charge in [0.05, 0.1) is 5.69 Å². The van der Waals surface area contributed by atoms with Crippen LogP contribution in [0, 0.1) is 0 Å². The number of hydrogen-bond acceptors (Lipinski definition) is 4. The van der Waals surface area contributed by atoms with Crippen molar-refractivity contribution in [1.29, 1.82) is 0 Å². The van der Waals surface area contributed by atoms with Crippen LogP contribution >= 0.6 is 0 Å². The van der Waals surface area contributed by atoms with Gasteiger partial charge in [-0.1, -0.05) is 12.1 Å². The minimum atomic E-state index is -0.711. The lowest BCUT2D eigenvalue weighted by molar-refractivity contribution is -0.126. The van der Waals surface area contributed by atoms with Crippen molar-refractivity contribution in [1.82, 2.24) is 15.1 Å². The fourth-order valence-corrected chi connectivity index (χ4v) is 2.74. The first kappa shape index (κ1) is 13.6. The van der Waals surface area contributed by atoms with E-state index in [-0.39, 0.29) is 11.7 Å². The molecule has 0 aliphatic carbocycles. The number of phenolic OH excluding ortho intramolecular Hbond substituents is 1. The third-order valence-electron chi connectivity index (χ3n) is 3.95. The van der Waals surface area contributed by atoms with E-state index in [1.165, 1.54) is 0 Å². The lowest BCUT2D eigenvalue weighted by Gasteiger charge is -2.36. The standard InChI is InChI=1S/C15H18N4O2/c20-13-5-2-1-4-12(13)18-14(21)15(6-9-16-10-7-15)19-11-3-8-17-19/h1-5,8,11,16,20H,6-7,9-10H2,(H,18,21). The Balaban J connectivity index is 1.90. The number of carbonyl (C=O) groups is 1. The summed E-state index contributed by atoms with van der Waals surface area (Å²) in [7, 11) is 0. The Labute approximate surface area is 122 Å². The summed E-state index contributed by atoms with van der Waals surface area (Å²) in [5, 5.41) is 20.2. The predicted octanol–water partition coefficient (Wildman–Crippen LogP) is 1.31. The number of aromatic hydroxyl groups is 1. The maximum absolute atomic E-state index is 12.8. The summed E-state index contributed by atoms with van der Waals surface area (Å²) in [6.45, 7) is 1.52. The van der Waals surface area contributed by atoms with Gasteiger partial charge in [-0.15, -0.1) is 0 Å². The number of hydrogen-bond donors (Lipinski definition) is 3. The van der Waals surface area contributed by atoms with Crippen LogP contribution in [0.3, 0.4) is 0 Å². The average molecular weight is 286 g/mol. The summed E-state index contributed by atoms with van der Waals surface area (Å²) in [4.78, 5) is 12.8. The molecule has 21 heavy (non-hydrogen) atoms. The summed E-state index contributed by atoms with van der Waals surface area (Å²) in [5.41, 5.74) is -0.288. The van der Waals surface area contributed by atoms with E-state index >= 15 is 0 Å². The fraction of sp³-hybridized carbons (Fsp3) is 0.333. The number of para-hydroxylation sites is 2. The smallest absolute Gasteiger partial charge is 0.252 e. The molecule has 1 aliphatic heterocycles. The molecule has 2 aromatic rings. The molecule has 1 aliphatic rings. The number of aromatic nitrogens is 2. The van der Waals surface area contributed by atoms with Gasteiger partial charge in [0.25, 0.3) is 5.91 Å². The van der Waals surface area contributed by atoms with Gasteiger partial charge < -0.3 is 15.7 Å². The number of rotatable bonds is 3. The van der Waals surface area contributed by atoms with Crippen LogP contribution in [0.5, 0.6) is 5.75 Å². The summed E-state index contributed by atoms with van der Waals surface area (Å²) < 4.78 is 1.73. The zero-order valence-electron chi connectivity index (χ0n) is 11.6. The van der Waals surface area contributed by atoms with Gasteiger partial charge in [-0.05, 0) is 44.1 Å². The highest BCUT2D eigenvalue weighted by atomic mass is 16.3. The number of nitrogens with one attached hydrogen (secondary N) is 2. The van der Waals surface area contributed by atoms with Crippen LogP contribution in [0.2, 0.25) is 0 Å². The van der Waals surface area contributed by atoms with Crippen molar-refractivity contribution < 1.29 is 9.90 Å². The second-order valence-electron chi connectivity index (χ2n) is 5.20. The summed E-state index contributed by atoms with van der Waals surface area (Å²) >= 11 is 0. The molecule has 110 valence electrons. The average Bonchev–Trinajstić information content (AvgIpc) is 3.05. The van der Waals surface area contributed by atoms with Crippen LogP contribution in [0.4, 0.5) is 5.69 Å². The second-order valence-corrected chi connectivity index (χ2v) is 5.20. The van der Waals surface area contributed by atoms with E-state index in [0.717, 1.165) is 13.1 Å². The molecular weight excluding hydrogens is 268 g/mol. The van der Waals surface area contributed by atoms with Gasteiger partial charge in [-0.2, -0.15) is 5.10 Å². The highest BCUT2D eigenvalue weighted by Crippen LogP contribution is 2.30. The van der Waals surface area contributed by atoms with Crippen molar-refractivity contribution in [2.75, 3.05) is 18.4 Å². The second kappa shape index (κ2) is 5.57. The topological polar surface area (TPSA) is 79.2 Å². The zero-order chi connectivity index (χ0) is 14.7. The molecule has 6 nitrogen and oxygen atoms in total. The molecule has 3 N–H and O–H groups in total. The molecule has 6 heteroatoms. The molecule has 1 saturated heterocycles. The molecule has 0 atom stereocenters. The van der Waals surface area contributed by atoms with Crippen LogP contribution < -0.4 is 10.6 Å². The van der Waals surface area contributed by atoms with E-state index in [1.807, 2.05) is 12.3 Å². The first-order valence-electron chi connectivity index (χ1n) is 7.03. The molecule has 1 aromatic heterocycles. The minimum absolute atomic E-state index is 0.0652. The number of phenols is 1. The molecular formula is C15H18N4O2. The van der Waals surface area contributed by atoms with E-state index in [4.69, 9.17) is 0 Å². The summed E-state index contributed by atoms with van der Waals surface area (Å²) in [5.74, 6) is -0.0791. The van der Waals surface area contributed by atoms with E-state index in [0.29, 0.717) is 18.5 Å². The molecule has 0 spiro atoms. The summed E-state index contributed by atoms with van der Waals surface area (Å²) in [6.07, 6.45) is 4.81. The van der Waals surface area contributed by atoms with Gasteiger partial charge in [0.15, 0.2) is 0 Å².